The van der Waals surface area contributed by atoms with Gasteiger partial charge in [-0.15, -0.1) is 0 Å². The van der Waals surface area contributed by atoms with Gasteiger partial charge in [0, 0.05) is 25.5 Å². The van der Waals surface area contributed by atoms with Gasteiger partial charge < -0.3 is 25.7 Å². The summed E-state index contributed by atoms with van der Waals surface area (Å²) in [5, 5.41) is 21.7. The fourth-order valence-electron chi connectivity index (χ4n) is 1.77. The summed E-state index contributed by atoms with van der Waals surface area (Å²) in [5.41, 5.74) is 0. The zero-order valence-electron chi connectivity index (χ0n) is 10.8. The minimum absolute atomic E-state index is 0.110. The Balaban J connectivity index is 2.25. The van der Waals surface area contributed by atoms with Crippen LogP contribution in [0.25, 0.3) is 0 Å². The first-order valence-corrected chi connectivity index (χ1v) is 6.06. The maximum atomic E-state index is 11.5. The molecule has 9 heteroatoms. The monoisotopic (exact) mass is 287 g/mol. The summed E-state index contributed by atoms with van der Waals surface area (Å²) < 4.78 is 0. The van der Waals surface area contributed by atoms with E-state index in [-0.39, 0.29) is 37.9 Å². The average molecular weight is 287 g/mol. The van der Waals surface area contributed by atoms with Gasteiger partial charge in [0.1, 0.15) is 6.54 Å². The van der Waals surface area contributed by atoms with Crippen LogP contribution in [0.3, 0.4) is 0 Å². The number of hydrogen-bond donors (Lipinski definition) is 4. The summed E-state index contributed by atoms with van der Waals surface area (Å²) in [5.74, 6) is -2.68. The number of aliphatic hydroxyl groups excluding tert-OH is 1. The van der Waals surface area contributed by atoms with E-state index in [1.807, 2.05) is 0 Å². The molecule has 0 bridgehead atoms. The van der Waals surface area contributed by atoms with E-state index < -0.39 is 24.3 Å². The second-order valence-corrected chi connectivity index (χ2v) is 4.47. The molecule has 0 aromatic carbocycles. The lowest BCUT2D eigenvalue weighted by molar-refractivity contribution is -0.138. The van der Waals surface area contributed by atoms with E-state index in [0.717, 1.165) is 0 Å². The van der Waals surface area contributed by atoms with Crippen molar-refractivity contribution in [1.29, 1.82) is 0 Å². The number of carboxylic acid groups (broad SMARTS) is 1. The van der Waals surface area contributed by atoms with Crippen LogP contribution >= 0.6 is 0 Å². The molecule has 0 aliphatic carbocycles. The lowest BCUT2D eigenvalue weighted by atomic mass is 10.1. The summed E-state index contributed by atoms with van der Waals surface area (Å²) in [4.78, 5) is 45.7. The molecule has 1 fully saturated rings. The van der Waals surface area contributed by atoms with Crippen molar-refractivity contribution < 1.29 is 29.4 Å². The quantitative estimate of drug-likeness (QED) is 0.398. The zero-order chi connectivity index (χ0) is 15.1. The first-order chi connectivity index (χ1) is 9.42. The van der Waals surface area contributed by atoms with E-state index in [2.05, 4.69) is 10.6 Å². The molecule has 112 valence electrons. The molecule has 0 saturated carbocycles. The van der Waals surface area contributed by atoms with Crippen molar-refractivity contribution in [3.05, 3.63) is 0 Å². The van der Waals surface area contributed by atoms with Crippen LogP contribution in [0.4, 0.5) is 0 Å². The highest BCUT2D eigenvalue weighted by atomic mass is 16.4. The fraction of sp³-hybridized carbons (Fsp3) is 0.636. The Bertz CT molecular complexity index is 411. The largest absolute Gasteiger partial charge is 0.480 e. The molecule has 1 rings (SSSR count). The number of nitrogens with zero attached hydrogens (tertiary/aromatic N) is 1. The summed E-state index contributed by atoms with van der Waals surface area (Å²) in [6.07, 6.45) is 0.211. The van der Waals surface area contributed by atoms with Gasteiger partial charge in [-0.2, -0.15) is 0 Å². The van der Waals surface area contributed by atoms with Crippen molar-refractivity contribution in [2.75, 3.05) is 32.8 Å². The molecule has 3 amide bonds. The standard InChI is InChI=1S/C11H17N3O6/c15-6-7-1-10(18)14(4-7)5-9(17)12-2-8(16)13-3-11(19)20/h7,15H,1-6H2,(H,12,17)(H,13,16)(H,19,20). The minimum Gasteiger partial charge on any atom is -0.480 e. The first-order valence-electron chi connectivity index (χ1n) is 6.06. The number of rotatable bonds is 7. The Morgan fingerprint density at radius 3 is 2.40 bits per heavy atom. The molecule has 20 heavy (non-hydrogen) atoms. The average Bonchev–Trinajstić information content (AvgIpc) is 2.74. The summed E-state index contributed by atoms with van der Waals surface area (Å²) >= 11 is 0. The van der Waals surface area contributed by atoms with E-state index >= 15 is 0 Å². The van der Waals surface area contributed by atoms with Crippen molar-refractivity contribution in [3.63, 3.8) is 0 Å². The van der Waals surface area contributed by atoms with Gasteiger partial charge in [0.05, 0.1) is 13.1 Å². The molecule has 1 unspecified atom stereocenters. The molecule has 0 aromatic rings. The van der Waals surface area contributed by atoms with Gasteiger partial charge in [0.15, 0.2) is 0 Å². The first kappa shape index (κ1) is 15.9. The molecule has 1 aliphatic rings. The lowest BCUT2D eigenvalue weighted by Gasteiger charge is -2.15. The zero-order valence-corrected chi connectivity index (χ0v) is 10.8. The summed E-state index contributed by atoms with van der Waals surface area (Å²) in [6.45, 7) is -0.841. The number of amides is 3. The maximum Gasteiger partial charge on any atom is 0.322 e. The number of carbonyl (C=O) groups is 4. The fourth-order valence-corrected chi connectivity index (χ4v) is 1.77. The highest BCUT2D eigenvalue weighted by molar-refractivity contribution is 5.89. The SMILES string of the molecule is O=C(O)CNC(=O)CNC(=O)CN1CC(CO)CC1=O. The topological polar surface area (TPSA) is 136 Å². The number of carboxylic acids is 1. The molecule has 1 saturated heterocycles. The summed E-state index contributed by atoms with van der Waals surface area (Å²) in [7, 11) is 0. The number of hydrogen-bond acceptors (Lipinski definition) is 5. The van der Waals surface area contributed by atoms with Gasteiger partial charge in [0.2, 0.25) is 17.7 Å². The van der Waals surface area contributed by atoms with Crippen LogP contribution in [0, 0.1) is 5.92 Å². The van der Waals surface area contributed by atoms with Crippen LogP contribution in [0.2, 0.25) is 0 Å². The van der Waals surface area contributed by atoms with E-state index in [1.54, 1.807) is 0 Å². The highest BCUT2D eigenvalue weighted by Gasteiger charge is 2.30. The van der Waals surface area contributed by atoms with Crippen LogP contribution in [0.1, 0.15) is 6.42 Å². The van der Waals surface area contributed by atoms with Crippen molar-refractivity contribution >= 4 is 23.7 Å². The van der Waals surface area contributed by atoms with Crippen LogP contribution in [-0.2, 0) is 19.2 Å². The molecule has 0 radical (unpaired) electrons. The molecule has 1 atom stereocenters. The van der Waals surface area contributed by atoms with Crippen molar-refractivity contribution in [2.24, 2.45) is 5.92 Å². The van der Waals surface area contributed by atoms with Crippen LogP contribution in [0.5, 0.6) is 0 Å². The molecule has 9 nitrogen and oxygen atoms in total. The van der Waals surface area contributed by atoms with Gasteiger partial charge in [-0.25, -0.2) is 0 Å². The molecule has 0 spiro atoms. The lowest BCUT2D eigenvalue weighted by Crippen LogP contribution is -2.43. The molecule has 1 heterocycles. The third-order valence-corrected chi connectivity index (χ3v) is 2.77. The van der Waals surface area contributed by atoms with E-state index in [1.165, 1.54) is 4.90 Å². The van der Waals surface area contributed by atoms with Gasteiger partial charge in [-0.3, -0.25) is 19.2 Å². The molecule has 0 aromatic heterocycles. The van der Waals surface area contributed by atoms with Crippen molar-refractivity contribution in [3.8, 4) is 0 Å². The second kappa shape index (κ2) is 7.43. The number of likely N-dealkylation sites (tertiary alicyclic amines) is 1. The Labute approximate surface area is 114 Å². The van der Waals surface area contributed by atoms with E-state index in [4.69, 9.17) is 10.2 Å². The van der Waals surface area contributed by atoms with Gasteiger partial charge in [-0.1, -0.05) is 0 Å². The molecular formula is C11H17N3O6. The smallest absolute Gasteiger partial charge is 0.322 e. The van der Waals surface area contributed by atoms with Gasteiger partial charge >= 0.3 is 5.97 Å². The van der Waals surface area contributed by atoms with E-state index in [0.29, 0.717) is 6.54 Å². The van der Waals surface area contributed by atoms with Crippen molar-refractivity contribution in [1.82, 2.24) is 15.5 Å². The predicted octanol–water partition coefficient (Wildman–Crippen LogP) is -2.86. The number of aliphatic hydroxyl groups is 1. The third-order valence-electron chi connectivity index (χ3n) is 2.77. The maximum absolute atomic E-state index is 11.5. The van der Waals surface area contributed by atoms with E-state index in [9.17, 15) is 19.2 Å². The number of nitrogens with one attached hydrogen (secondary N) is 2. The Hall–Kier alpha value is -2.16. The second-order valence-electron chi connectivity index (χ2n) is 4.47. The molecule has 1 aliphatic heterocycles. The van der Waals surface area contributed by atoms with Crippen LogP contribution < -0.4 is 10.6 Å². The Kier molecular flexibility index (Phi) is 5.91. The Morgan fingerprint density at radius 2 is 1.85 bits per heavy atom. The number of carbonyl (C=O) groups excluding carboxylic acids is 3. The molecular weight excluding hydrogens is 270 g/mol. The summed E-state index contributed by atoms with van der Waals surface area (Å²) in [6, 6.07) is 0. The van der Waals surface area contributed by atoms with Crippen LogP contribution in [-0.4, -0.2) is 71.6 Å². The van der Waals surface area contributed by atoms with Crippen molar-refractivity contribution in [2.45, 2.75) is 6.42 Å². The Morgan fingerprint density at radius 1 is 1.20 bits per heavy atom. The predicted molar refractivity (Wildman–Crippen MR) is 65.4 cm³/mol. The highest BCUT2D eigenvalue weighted by Crippen LogP contribution is 2.16. The minimum atomic E-state index is -1.18. The molecule has 4 N–H and O–H groups in total. The third kappa shape index (κ3) is 5.22. The number of aliphatic carboxylic acids is 1. The van der Waals surface area contributed by atoms with Gasteiger partial charge in [-0.05, 0) is 0 Å². The van der Waals surface area contributed by atoms with Gasteiger partial charge in [0.25, 0.3) is 0 Å². The normalized spacial score (nSPS) is 17.9. The van der Waals surface area contributed by atoms with Crippen LogP contribution in [0.15, 0.2) is 0 Å².